The molecule has 16 heavy (non-hydrogen) atoms. The van der Waals surface area contributed by atoms with Gasteiger partial charge in [-0.2, -0.15) is 0 Å². The molecule has 0 bridgehead atoms. The molecule has 4 heteroatoms. The molecule has 0 saturated heterocycles. The second-order valence-corrected chi connectivity index (χ2v) is 23.2. The molecule has 0 aromatic heterocycles. The number of allylic oxidation sites excluding steroid dienone is 1. The summed E-state index contributed by atoms with van der Waals surface area (Å²) in [6, 6.07) is 1.27. The fourth-order valence-corrected chi connectivity index (χ4v) is 5.80. The standard InChI is InChI=1S/C12H26O2Si2/c1-7-9-12(13)14-10-8-11-16(5,6)15(2,3)4/h7,9H,8,10-11H2,1-6H3. The van der Waals surface area contributed by atoms with Gasteiger partial charge in [-0.3, -0.25) is 0 Å². The van der Waals surface area contributed by atoms with Crippen molar-refractivity contribution in [2.75, 3.05) is 6.61 Å². The summed E-state index contributed by atoms with van der Waals surface area (Å²) in [6.45, 7) is 14.7. The molecule has 0 fully saturated rings. The average molecular weight is 259 g/mol. The maximum Gasteiger partial charge on any atom is 0.330 e. The zero-order valence-electron chi connectivity index (χ0n) is 11.6. The minimum absolute atomic E-state index is 0.213. The van der Waals surface area contributed by atoms with Crippen molar-refractivity contribution in [3.63, 3.8) is 0 Å². The molecule has 2 nitrogen and oxygen atoms in total. The van der Waals surface area contributed by atoms with Gasteiger partial charge < -0.3 is 4.74 Å². The van der Waals surface area contributed by atoms with E-state index < -0.39 is 15.2 Å². The number of hydrogen-bond acceptors (Lipinski definition) is 2. The zero-order chi connectivity index (χ0) is 12.8. The van der Waals surface area contributed by atoms with E-state index in [0.29, 0.717) is 6.61 Å². The summed E-state index contributed by atoms with van der Waals surface area (Å²) < 4.78 is 5.10. The van der Waals surface area contributed by atoms with Crippen molar-refractivity contribution in [3.8, 4) is 0 Å². The number of hydrogen-bond donors (Lipinski definition) is 0. The van der Waals surface area contributed by atoms with Crippen LogP contribution in [-0.4, -0.2) is 27.8 Å². The van der Waals surface area contributed by atoms with Gasteiger partial charge in [0.25, 0.3) is 0 Å². The van der Waals surface area contributed by atoms with Crippen LogP contribution in [0.5, 0.6) is 0 Å². The first-order valence-corrected chi connectivity index (χ1v) is 13.7. The summed E-state index contributed by atoms with van der Waals surface area (Å²) in [7, 11) is -2.06. The lowest BCUT2D eigenvalue weighted by molar-refractivity contribution is -0.137. The Kier molecular flexibility index (Phi) is 6.25. The van der Waals surface area contributed by atoms with E-state index in [2.05, 4.69) is 32.7 Å². The van der Waals surface area contributed by atoms with Crippen LogP contribution in [0.4, 0.5) is 0 Å². The Morgan fingerprint density at radius 1 is 1.19 bits per heavy atom. The minimum Gasteiger partial charge on any atom is -0.463 e. The van der Waals surface area contributed by atoms with E-state index in [0.717, 1.165) is 6.42 Å². The number of ether oxygens (including phenoxy) is 1. The van der Waals surface area contributed by atoms with E-state index in [1.165, 1.54) is 12.1 Å². The predicted octanol–water partition coefficient (Wildman–Crippen LogP) is 3.62. The predicted molar refractivity (Wildman–Crippen MR) is 76.0 cm³/mol. The highest BCUT2D eigenvalue weighted by atomic mass is 29.3. The second-order valence-electron chi connectivity index (χ2n) is 5.90. The van der Waals surface area contributed by atoms with E-state index in [-0.39, 0.29) is 5.97 Å². The Morgan fingerprint density at radius 2 is 1.75 bits per heavy atom. The molecule has 0 aliphatic heterocycles. The van der Waals surface area contributed by atoms with Gasteiger partial charge in [-0.25, -0.2) is 4.79 Å². The Balaban J connectivity index is 3.87. The van der Waals surface area contributed by atoms with Crippen molar-refractivity contribution in [1.82, 2.24) is 0 Å². The van der Waals surface area contributed by atoms with Crippen molar-refractivity contribution in [3.05, 3.63) is 12.2 Å². The maximum atomic E-state index is 11.1. The van der Waals surface area contributed by atoms with Crippen molar-refractivity contribution in [2.45, 2.75) is 52.1 Å². The Morgan fingerprint density at radius 3 is 2.19 bits per heavy atom. The smallest absolute Gasteiger partial charge is 0.330 e. The number of esters is 1. The van der Waals surface area contributed by atoms with Crippen LogP contribution < -0.4 is 0 Å². The van der Waals surface area contributed by atoms with Gasteiger partial charge in [0.15, 0.2) is 0 Å². The van der Waals surface area contributed by atoms with Gasteiger partial charge in [0.1, 0.15) is 0 Å². The molecule has 0 atom stereocenters. The molecule has 0 saturated carbocycles. The quantitative estimate of drug-likeness (QED) is 0.315. The summed E-state index contributed by atoms with van der Waals surface area (Å²) in [6.07, 6.45) is 4.21. The van der Waals surface area contributed by atoms with Gasteiger partial charge in [0.05, 0.1) is 6.61 Å². The van der Waals surface area contributed by atoms with Crippen LogP contribution in [0, 0.1) is 0 Å². The van der Waals surface area contributed by atoms with Crippen LogP contribution in [-0.2, 0) is 9.53 Å². The first-order valence-electron chi connectivity index (χ1n) is 6.00. The molecular formula is C12H26O2Si2. The molecule has 0 aromatic rings. The summed E-state index contributed by atoms with van der Waals surface area (Å²) in [5.74, 6) is -0.213. The molecule has 0 aliphatic rings. The molecule has 0 radical (unpaired) electrons. The average Bonchev–Trinajstić information content (AvgIpc) is 2.11. The molecule has 94 valence electrons. The van der Waals surface area contributed by atoms with E-state index in [4.69, 9.17) is 4.74 Å². The zero-order valence-corrected chi connectivity index (χ0v) is 13.6. The Hall–Kier alpha value is -0.356. The van der Waals surface area contributed by atoms with E-state index >= 15 is 0 Å². The van der Waals surface area contributed by atoms with E-state index in [9.17, 15) is 4.79 Å². The Bertz CT molecular complexity index is 252. The lowest BCUT2D eigenvalue weighted by Gasteiger charge is -2.35. The molecule has 0 heterocycles. The second kappa shape index (κ2) is 6.40. The van der Waals surface area contributed by atoms with Crippen molar-refractivity contribution in [1.29, 1.82) is 0 Å². The van der Waals surface area contributed by atoms with Crippen LogP contribution >= 0.6 is 0 Å². The molecule has 0 N–H and O–H groups in total. The highest BCUT2D eigenvalue weighted by molar-refractivity contribution is 7.40. The SMILES string of the molecule is CC=CC(=O)OCCC[Si](C)(C)[Si](C)(C)C. The monoisotopic (exact) mass is 258 g/mol. The van der Waals surface area contributed by atoms with Gasteiger partial charge in [-0.1, -0.05) is 44.9 Å². The van der Waals surface area contributed by atoms with Crippen molar-refractivity contribution < 1.29 is 9.53 Å². The van der Waals surface area contributed by atoms with Crippen molar-refractivity contribution >= 4 is 21.2 Å². The van der Waals surface area contributed by atoms with E-state index in [1.54, 1.807) is 6.08 Å². The lowest BCUT2D eigenvalue weighted by Crippen LogP contribution is -2.52. The first-order chi connectivity index (χ1) is 7.20. The molecule has 0 aliphatic carbocycles. The van der Waals surface area contributed by atoms with Crippen LogP contribution in [0.3, 0.4) is 0 Å². The molecule has 0 rings (SSSR count). The van der Waals surface area contributed by atoms with Gasteiger partial charge in [0.2, 0.25) is 0 Å². The molecule has 0 amide bonds. The van der Waals surface area contributed by atoms with Crippen molar-refractivity contribution in [2.24, 2.45) is 0 Å². The topological polar surface area (TPSA) is 26.3 Å². The molecule has 0 aromatic carbocycles. The fraction of sp³-hybridized carbons (Fsp3) is 0.750. The van der Waals surface area contributed by atoms with Gasteiger partial charge in [0, 0.05) is 21.3 Å². The third kappa shape index (κ3) is 5.65. The summed E-state index contributed by atoms with van der Waals surface area (Å²) in [5, 5.41) is 0. The number of carbonyl (C=O) groups excluding carboxylic acids is 1. The summed E-state index contributed by atoms with van der Waals surface area (Å²) >= 11 is 0. The highest BCUT2D eigenvalue weighted by Crippen LogP contribution is 2.24. The van der Waals surface area contributed by atoms with Crippen LogP contribution in [0.1, 0.15) is 13.3 Å². The van der Waals surface area contributed by atoms with E-state index in [1.807, 2.05) is 6.92 Å². The third-order valence-electron chi connectivity index (χ3n) is 3.52. The molecule has 0 spiro atoms. The Labute approximate surface area is 102 Å². The largest absolute Gasteiger partial charge is 0.463 e. The summed E-state index contributed by atoms with van der Waals surface area (Å²) in [4.78, 5) is 11.1. The summed E-state index contributed by atoms with van der Waals surface area (Å²) in [5.41, 5.74) is 0. The third-order valence-corrected chi connectivity index (χ3v) is 22.1. The van der Waals surface area contributed by atoms with Crippen LogP contribution in [0.25, 0.3) is 0 Å². The first kappa shape index (κ1) is 15.6. The molecular weight excluding hydrogens is 232 g/mol. The normalized spacial score (nSPS) is 13.1. The van der Waals surface area contributed by atoms with Crippen LogP contribution in [0.2, 0.25) is 38.8 Å². The highest BCUT2D eigenvalue weighted by Gasteiger charge is 2.35. The maximum absolute atomic E-state index is 11.1. The van der Waals surface area contributed by atoms with Crippen LogP contribution in [0.15, 0.2) is 12.2 Å². The molecule has 0 unspecified atom stereocenters. The van der Waals surface area contributed by atoms with Gasteiger partial charge >= 0.3 is 5.97 Å². The number of rotatable bonds is 6. The number of carbonyl (C=O) groups is 1. The van der Waals surface area contributed by atoms with Gasteiger partial charge in [-0.05, 0) is 13.3 Å². The lowest BCUT2D eigenvalue weighted by atomic mass is 10.5. The van der Waals surface area contributed by atoms with Gasteiger partial charge in [-0.15, -0.1) is 0 Å². The minimum atomic E-state index is -1.07. The fourth-order valence-electron chi connectivity index (χ4n) is 1.25.